The van der Waals surface area contributed by atoms with Crippen LogP contribution in [0, 0.1) is 0 Å². The van der Waals surface area contributed by atoms with Crippen molar-refractivity contribution in [2.24, 2.45) is 0 Å². The number of allylic oxidation sites excluding steroid dienone is 4. The molecule has 2 N–H and O–H groups in total. The van der Waals surface area contributed by atoms with E-state index in [1.807, 2.05) is 24.3 Å². The van der Waals surface area contributed by atoms with Crippen LogP contribution < -0.4 is 0 Å². The van der Waals surface area contributed by atoms with E-state index < -0.39 is 0 Å². The average molecular weight is 320 g/mol. The lowest BCUT2D eigenvalue weighted by atomic mass is 9.86. The maximum atomic E-state index is 10.0. The first-order chi connectivity index (χ1) is 11.7. The van der Waals surface area contributed by atoms with E-state index in [-0.39, 0.29) is 11.8 Å². The standard InChI is InChI=1S/C22H24O2/c1-2-3-4-20-15-19(11-14-22(20)24)18-7-5-16(6-8-18)17-9-12-21(23)13-10-17/h5-16,18,23-24H,2-4H2,1H3. The minimum atomic E-state index is 0.249. The molecule has 124 valence electrons. The van der Waals surface area contributed by atoms with Crippen LogP contribution in [0.5, 0.6) is 11.5 Å². The van der Waals surface area contributed by atoms with Gasteiger partial charge in [-0.15, -0.1) is 0 Å². The molecule has 0 atom stereocenters. The highest BCUT2D eigenvalue weighted by Gasteiger charge is 2.14. The Kier molecular flexibility index (Phi) is 5.05. The van der Waals surface area contributed by atoms with Gasteiger partial charge in [0, 0.05) is 11.8 Å². The molecular weight excluding hydrogens is 296 g/mol. The SMILES string of the molecule is CCCCc1cc(C2C=CC(c3ccc(O)cc3)C=C2)ccc1O. The molecule has 24 heavy (non-hydrogen) atoms. The van der Waals surface area contributed by atoms with Gasteiger partial charge < -0.3 is 10.2 Å². The van der Waals surface area contributed by atoms with Gasteiger partial charge in [0.25, 0.3) is 0 Å². The summed E-state index contributed by atoms with van der Waals surface area (Å²) in [6.45, 7) is 2.16. The predicted molar refractivity (Wildman–Crippen MR) is 98.6 cm³/mol. The Morgan fingerprint density at radius 3 is 2.00 bits per heavy atom. The first-order valence-corrected chi connectivity index (χ1v) is 8.64. The first-order valence-electron chi connectivity index (χ1n) is 8.64. The Morgan fingerprint density at radius 2 is 1.38 bits per heavy atom. The van der Waals surface area contributed by atoms with E-state index in [2.05, 4.69) is 37.3 Å². The van der Waals surface area contributed by atoms with Crippen molar-refractivity contribution >= 4 is 0 Å². The summed E-state index contributed by atoms with van der Waals surface area (Å²) >= 11 is 0. The van der Waals surface area contributed by atoms with Gasteiger partial charge in [-0.05, 0) is 47.7 Å². The second-order valence-electron chi connectivity index (χ2n) is 6.40. The molecular formula is C22H24O2. The van der Waals surface area contributed by atoms with E-state index in [0.717, 1.165) is 24.8 Å². The monoisotopic (exact) mass is 320 g/mol. The molecule has 0 amide bonds. The Labute approximate surface area is 143 Å². The number of unbranched alkanes of at least 4 members (excludes halogenated alkanes) is 1. The third-order valence-electron chi connectivity index (χ3n) is 4.62. The fourth-order valence-corrected chi connectivity index (χ4v) is 3.13. The number of benzene rings is 2. The maximum absolute atomic E-state index is 10.0. The van der Waals surface area contributed by atoms with Crippen LogP contribution in [0.4, 0.5) is 0 Å². The zero-order chi connectivity index (χ0) is 16.9. The van der Waals surface area contributed by atoms with Crippen molar-refractivity contribution < 1.29 is 10.2 Å². The fraction of sp³-hybridized carbons (Fsp3) is 0.273. The highest BCUT2D eigenvalue weighted by Crippen LogP contribution is 2.32. The summed E-state index contributed by atoms with van der Waals surface area (Å²) in [5.74, 6) is 1.19. The van der Waals surface area contributed by atoms with Crippen molar-refractivity contribution in [2.75, 3.05) is 0 Å². The summed E-state index contributed by atoms with van der Waals surface area (Å²) in [5, 5.41) is 19.4. The normalized spacial score (nSPS) is 19.5. The van der Waals surface area contributed by atoms with Crippen LogP contribution in [0.25, 0.3) is 0 Å². The number of hydrogen-bond acceptors (Lipinski definition) is 2. The molecule has 0 bridgehead atoms. The number of rotatable bonds is 5. The maximum Gasteiger partial charge on any atom is 0.118 e. The summed E-state index contributed by atoms with van der Waals surface area (Å²) in [5.41, 5.74) is 3.43. The second-order valence-corrected chi connectivity index (χ2v) is 6.40. The van der Waals surface area contributed by atoms with Gasteiger partial charge in [-0.25, -0.2) is 0 Å². The lowest BCUT2D eigenvalue weighted by Crippen LogP contribution is -2.01. The largest absolute Gasteiger partial charge is 0.508 e. The quantitative estimate of drug-likeness (QED) is 0.721. The van der Waals surface area contributed by atoms with Gasteiger partial charge in [-0.2, -0.15) is 0 Å². The minimum absolute atomic E-state index is 0.249. The lowest BCUT2D eigenvalue weighted by Gasteiger charge is -2.18. The summed E-state index contributed by atoms with van der Waals surface area (Å²) in [6.07, 6.45) is 12.0. The van der Waals surface area contributed by atoms with Gasteiger partial charge in [0.1, 0.15) is 11.5 Å². The second kappa shape index (κ2) is 7.39. The fourth-order valence-electron chi connectivity index (χ4n) is 3.13. The van der Waals surface area contributed by atoms with Crippen molar-refractivity contribution in [3.8, 4) is 11.5 Å². The molecule has 2 nitrogen and oxygen atoms in total. The molecule has 2 heteroatoms. The third-order valence-corrected chi connectivity index (χ3v) is 4.62. The molecule has 0 radical (unpaired) electrons. The molecule has 0 fully saturated rings. The van der Waals surface area contributed by atoms with Crippen molar-refractivity contribution in [2.45, 2.75) is 38.0 Å². The molecule has 0 saturated heterocycles. The zero-order valence-corrected chi connectivity index (χ0v) is 14.0. The van der Waals surface area contributed by atoms with Crippen molar-refractivity contribution in [1.29, 1.82) is 0 Å². The Bertz CT molecular complexity index is 727. The number of aromatic hydroxyl groups is 2. The number of aryl methyl sites for hydroxylation is 1. The third kappa shape index (κ3) is 3.70. The van der Waals surface area contributed by atoms with Crippen LogP contribution >= 0.6 is 0 Å². The molecule has 1 aliphatic rings. The molecule has 3 rings (SSSR count). The van der Waals surface area contributed by atoms with Gasteiger partial charge in [0.15, 0.2) is 0 Å². The Morgan fingerprint density at radius 1 is 0.792 bits per heavy atom. The predicted octanol–water partition coefficient (Wildman–Crippen LogP) is 5.43. The van der Waals surface area contributed by atoms with Gasteiger partial charge in [0.2, 0.25) is 0 Å². The van der Waals surface area contributed by atoms with Gasteiger partial charge in [-0.3, -0.25) is 0 Å². The average Bonchev–Trinajstić information content (AvgIpc) is 2.62. The van der Waals surface area contributed by atoms with Gasteiger partial charge >= 0.3 is 0 Å². The molecule has 0 aliphatic heterocycles. The number of hydrogen-bond donors (Lipinski definition) is 2. The van der Waals surface area contributed by atoms with Crippen LogP contribution in [-0.4, -0.2) is 10.2 Å². The molecule has 1 aliphatic carbocycles. The van der Waals surface area contributed by atoms with Crippen LogP contribution in [0.1, 0.15) is 48.3 Å². The molecule has 0 spiro atoms. The van der Waals surface area contributed by atoms with Crippen LogP contribution in [0.3, 0.4) is 0 Å². The van der Waals surface area contributed by atoms with E-state index in [9.17, 15) is 10.2 Å². The summed E-state index contributed by atoms with van der Waals surface area (Å²) in [6, 6.07) is 13.3. The smallest absolute Gasteiger partial charge is 0.118 e. The molecule has 0 unspecified atom stereocenters. The van der Waals surface area contributed by atoms with E-state index in [1.54, 1.807) is 12.1 Å². The number of phenolic OH excluding ortho intramolecular Hbond substituents is 2. The van der Waals surface area contributed by atoms with Crippen molar-refractivity contribution in [3.63, 3.8) is 0 Å². The molecule has 0 aromatic heterocycles. The highest BCUT2D eigenvalue weighted by molar-refractivity contribution is 5.43. The molecule has 0 saturated carbocycles. The summed E-state index contributed by atoms with van der Waals surface area (Å²) in [4.78, 5) is 0. The van der Waals surface area contributed by atoms with E-state index >= 15 is 0 Å². The zero-order valence-electron chi connectivity index (χ0n) is 14.0. The topological polar surface area (TPSA) is 40.5 Å². The first kappa shape index (κ1) is 16.4. The highest BCUT2D eigenvalue weighted by atomic mass is 16.3. The molecule has 2 aromatic rings. The summed E-state index contributed by atoms with van der Waals surface area (Å²) in [7, 11) is 0. The minimum Gasteiger partial charge on any atom is -0.508 e. The number of phenols is 2. The van der Waals surface area contributed by atoms with E-state index in [4.69, 9.17) is 0 Å². The Hall–Kier alpha value is -2.48. The van der Waals surface area contributed by atoms with Crippen molar-refractivity contribution in [3.05, 3.63) is 83.5 Å². The molecule has 0 heterocycles. The lowest BCUT2D eigenvalue weighted by molar-refractivity contribution is 0.466. The van der Waals surface area contributed by atoms with Gasteiger partial charge in [0.05, 0.1) is 0 Å². The van der Waals surface area contributed by atoms with Crippen LogP contribution in [0.2, 0.25) is 0 Å². The van der Waals surface area contributed by atoms with Gasteiger partial charge in [-0.1, -0.05) is 61.9 Å². The summed E-state index contributed by atoms with van der Waals surface area (Å²) < 4.78 is 0. The molecule has 2 aromatic carbocycles. The Balaban J connectivity index is 1.75. The van der Waals surface area contributed by atoms with Crippen molar-refractivity contribution in [1.82, 2.24) is 0 Å². The van der Waals surface area contributed by atoms with E-state index in [1.165, 1.54) is 11.1 Å². The van der Waals surface area contributed by atoms with Crippen LogP contribution in [0.15, 0.2) is 66.8 Å². The van der Waals surface area contributed by atoms with Crippen LogP contribution in [-0.2, 0) is 6.42 Å². The van der Waals surface area contributed by atoms with E-state index in [0.29, 0.717) is 11.5 Å².